The lowest BCUT2D eigenvalue weighted by Crippen LogP contribution is -2.45. The maximum atomic E-state index is 14.1. The first-order chi connectivity index (χ1) is 17.9. The van der Waals surface area contributed by atoms with Crippen molar-refractivity contribution in [1.29, 1.82) is 0 Å². The average molecular weight is 505 g/mol. The monoisotopic (exact) mass is 504 g/mol. The molecular weight excluding hydrogens is 474 g/mol. The third-order valence-corrected chi connectivity index (χ3v) is 6.17. The molecule has 0 aliphatic carbocycles. The van der Waals surface area contributed by atoms with E-state index in [9.17, 15) is 18.4 Å². The van der Waals surface area contributed by atoms with Crippen LogP contribution in [-0.2, 0) is 17.8 Å². The highest BCUT2D eigenvalue weighted by Gasteiger charge is 2.22. The van der Waals surface area contributed by atoms with Gasteiger partial charge in [0, 0.05) is 42.8 Å². The molecule has 0 bridgehead atoms. The fourth-order valence-corrected chi connectivity index (χ4v) is 4.26. The van der Waals surface area contributed by atoms with Crippen LogP contribution in [0.5, 0.6) is 0 Å². The first-order valence-corrected chi connectivity index (χ1v) is 12.3. The Kier molecular flexibility index (Phi) is 8.51. The van der Waals surface area contributed by atoms with E-state index in [0.29, 0.717) is 38.5 Å². The van der Waals surface area contributed by atoms with Crippen LogP contribution in [0.1, 0.15) is 24.5 Å². The van der Waals surface area contributed by atoms with Gasteiger partial charge in [0.25, 0.3) is 0 Å². The molecule has 8 heteroatoms. The molecule has 2 N–H and O–H groups in total. The van der Waals surface area contributed by atoms with Crippen LogP contribution in [0, 0.1) is 11.6 Å². The molecule has 4 rings (SSSR count). The van der Waals surface area contributed by atoms with Gasteiger partial charge < -0.3 is 20.1 Å². The van der Waals surface area contributed by atoms with Gasteiger partial charge in [0.2, 0.25) is 5.91 Å². The minimum atomic E-state index is -0.874. The number of para-hydroxylation sites is 1. The zero-order chi connectivity index (χ0) is 26.2. The van der Waals surface area contributed by atoms with Gasteiger partial charge in [0.05, 0.1) is 5.69 Å². The number of halogens is 2. The Morgan fingerprint density at radius 1 is 0.919 bits per heavy atom. The molecule has 0 spiro atoms. The summed E-state index contributed by atoms with van der Waals surface area (Å²) in [6.07, 6.45) is 3.22. The number of amides is 3. The van der Waals surface area contributed by atoms with Gasteiger partial charge in [-0.05, 0) is 42.2 Å². The number of rotatable bonds is 10. The minimum Gasteiger partial charge on any atom is -0.361 e. The molecule has 6 nitrogen and oxygen atoms in total. The number of hydrogen-bond acceptors (Lipinski definition) is 2. The number of anilines is 1. The normalized spacial score (nSPS) is 10.9. The van der Waals surface area contributed by atoms with Gasteiger partial charge in [0.1, 0.15) is 18.2 Å². The maximum absolute atomic E-state index is 14.1. The molecule has 0 radical (unpaired) electrons. The molecule has 1 heterocycles. The molecule has 0 saturated heterocycles. The molecule has 3 aromatic carbocycles. The molecule has 37 heavy (non-hydrogen) atoms. The summed E-state index contributed by atoms with van der Waals surface area (Å²) in [6, 6.07) is 20.0. The molecule has 0 saturated carbocycles. The molecule has 4 aromatic rings. The van der Waals surface area contributed by atoms with Crippen LogP contribution in [0.15, 0.2) is 79.0 Å². The molecule has 3 amide bonds. The van der Waals surface area contributed by atoms with Crippen molar-refractivity contribution in [3.05, 3.63) is 102 Å². The number of urea groups is 1. The summed E-state index contributed by atoms with van der Waals surface area (Å²) in [5.74, 6) is -1.82. The average Bonchev–Trinajstić information content (AvgIpc) is 3.31. The number of carbonyl (C=O) groups is 2. The highest BCUT2D eigenvalue weighted by Crippen LogP contribution is 2.19. The number of fused-ring (bicyclic) bond motifs is 1. The second kappa shape index (κ2) is 12.2. The summed E-state index contributed by atoms with van der Waals surface area (Å²) in [7, 11) is 0. The van der Waals surface area contributed by atoms with Crippen molar-refractivity contribution >= 4 is 28.5 Å². The molecule has 1 aromatic heterocycles. The van der Waals surface area contributed by atoms with E-state index in [2.05, 4.69) is 10.3 Å². The maximum Gasteiger partial charge on any atom is 0.322 e. The summed E-state index contributed by atoms with van der Waals surface area (Å²) < 4.78 is 27.3. The fourth-order valence-electron chi connectivity index (χ4n) is 4.26. The Bertz CT molecular complexity index is 1360. The molecule has 0 aliphatic heterocycles. The second-order valence-electron chi connectivity index (χ2n) is 8.89. The van der Waals surface area contributed by atoms with Crippen LogP contribution in [0.25, 0.3) is 10.9 Å². The van der Waals surface area contributed by atoms with Crippen molar-refractivity contribution in [1.82, 2.24) is 14.8 Å². The van der Waals surface area contributed by atoms with Gasteiger partial charge in [-0.25, -0.2) is 13.6 Å². The second-order valence-corrected chi connectivity index (χ2v) is 8.89. The van der Waals surface area contributed by atoms with Crippen LogP contribution in [0.4, 0.5) is 19.3 Å². The zero-order valence-corrected chi connectivity index (χ0v) is 20.7. The number of nitrogens with zero attached hydrogens (tertiary/aromatic N) is 2. The van der Waals surface area contributed by atoms with Gasteiger partial charge in [-0.3, -0.25) is 4.79 Å². The van der Waals surface area contributed by atoms with E-state index < -0.39 is 17.7 Å². The number of carbonyl (C=O) groups excluding carboxylic acids is 2. The Hall–Kier alpha value is -4.20. The van der Waals surface area contributed by atoms with Gasteiger partial charge in [0.15, 0.2) is 0 Å². The van der Waals surface area contributed by atoms with E-state index in [1.807, 2.05) is 67.7 Å². The number of benzene rings is 3. The van der Waals surface area contributed by atoms with Crippen LogP contribution in [0.2, 0.25) is 0 Å². The first-order valence-electron chi connectivity index (χ1n) is 12.3. The molecule has 0 atom stereocenters. The van der Waals surface area contributed by atoms with Crippen molar-refractivity contribution in [3.63, 3.8) is 0 Å². The van der Waals surface area contributed by atoms with Crippen molar-refractivity contribution in [3.8, 4) is 0 Å². The first kappa shape index (κ1) is 25.9. The standard InChI is InChI=1S/C29H30F2N4O2/c1-2-15-35(29(37)33-27-13-12-23(30)17-25(27)31)20-28(36)34(19-21-8-4-3-5-9-21)16-14-22-18-32-26-11-7-6-10-24(22)26/h3-13,17-18,32H,2,14-16,19-20H2,1H3,(H,33,37). The molecule has 0 aliphatic rings. The van der Waals surface area contributed by atoms with Crippen LogP contribution in [0.3, 0.4) is 0 Å². The van der Waals surface area contributed by atoms with Crippen LogP contribution < -0.4 is 5.32 Å². The highest BCUT2D eigenvalue weighted by molar-refractivity contribution is 5.92. The Morgan fingerprint density at radius 2 is 1.68 bits per heavy atom. The smallest absolute Gasteiger partial charge is 0.322 e. The van der Waals surface area contributed by atoms with E-state index in [1.165, 1.54) is 4.90 Å². The summed E-state index contributed by atoms with van der Waals surface area (Å²) in [4.78, 5) is 32.8. The Morgan fingerprint density at radius 3 is 2.43 bits per heavy atom. The van der Waals surface area contributed by atoms with Gasteiger partial charge >= 0.3 is 6.03 Å². The van der Waals surface area contributed by atoms with Gasteiger partial charge in [-0.2, -0.15) is 0 Å². The lowest BCUT2D eigenvalue weighted by Gasteiger charge is -2.28. The number of aromatic nitrogens is 1. The predicted octanol–water partition coefficient (Wildman–Crippen LogP) is 5.96. The fraction of sp³-hybridized carbons (Fsp3) is 0.241. The topological polar surface area (TPSA) is 68.4 Å². The Labute approximate surface area is 214 Å². The zero-order valence-electron chi connectivity index (χ0n) is 20.7. The molecule has 0 unspecified atom stereocenters. The Balaban J connectivity index is 1.49. The van der Waals surface area contributed by atoms with E-state index in [4.69, 9.17) is 0 Å². The number of aromatic amines is 1. The van der Waals surface area contributed by atoms with Gasteiger partial charge in [-0.1, -0.05) is 55.5 Å². The summed E-state index contributed by atoms with van der Waals surface area (Å²) in [5, 5.41) is 3.58. The lowest BCUT2D eigenvalue weighted by molar-refractivity contribution is -0.132. The third-order valence-electron chi connectivity index (χ3n) is 6.17. The lowest BCUT2D eigenvalue weighted by atomic mass is 10.1. The van der Waals surface area contributed by atoms with Gasteiger partial charge in [-0.15, -0.1) is 0 Å². The van der Waals surface area contributed by atoms with Crippen LogP contribution in [-0.4, -0.2) is 46.4 Å². The number of hydrogen-bond donors (Lipinski definition) is 2. The van der Waals surface area contributed by atoms with Crippen molar-refractivity contribution < 1.29 is 18.4 Å². The number of nitrogens with one attached hydrogen (secondary N) is 2. The van der Waals surface area contributed by atoms with E-state index in [1.54, 1.807) is 4.90 Å². The predicted molar refractivity (Wildman–Crippen MR) is 141 cm³/mol. The van der Waals surface area contributed by atoms with Crippen molar-refractivity contribution in [2.45, 2.75) is 26.3 Å². The third kappa shape index (κ3) is 6.73. The quantitative estimate of drug-likeness (QED) is 0.280. The summed E-state index contributed by atoms with van der Waals surface area (Å²) in [6.45, 7) is 2.90. The highest BCUT2D eigenvalue weighted by atomic mass is 19.1. The van der Waals surface area contributed by atoms with Crippen LogP contribution >= 0.6 is 0 Å². The van der Waals surface area contributed by atoms with Crippen molar-refractivity contribution in [2.24, 2.45) is 0 Å². The minimum absolute atomic E-state index is 0.138. The van der Waals surface area contributed by atoms with E-state index in [-0.39, 0.29) is 18.1 Å². The number of H-pyrrole nitrogens is 1. The molecular formula is C29H30F2N4O2. The largest absolute Gasteiger partial charge is 0.361 e. The van der Waals surface area contributed by atoms with Crippen molar-refractivity contribution in [2.75, 3.05) is 25.0 Å². The molecule has 0 fully saturated rings. The van der Waals surface area contributed by atoms with E-state index >= 15 is 0 Å². The summed E-state index contributed by atoms with van der Waals surface area (Å²) in [5.41, 5.74) is 2.99. The summed E-state index contributed by atoms with van der Waals surface area (Å²) >= 11 is 0. The SMILES string of the molecule is CCCN(CC(=O)N(CCc1c[nH]c2ccccc12)Cc1ccccc1)C(=O)Nc1ccc(F)cc1F. The molecule has 192 valence electrons. The van der Waals surface area contributed by atoms with E-state index in [0.717, 1.165) is 34.2 Å².